The summed E-state index contributed by atoms with van der Waals surface area (Å²) in [5.74, 6) is -0.908. The molecule has 1 atom stereocenters. The molecule has 0 fully saturated rings. The fourth-order valence-electron chi connectivity index (χ4n) is 8.57. The zero-order valence-corrected chi connectivity index (χ0v) is 47.0. The van der Waals surface area contributed by atoms with E-state index in [9.17, 15) is 14.4 Å². The van der Waals surface area contributed by atoms with Gasteiger partial charge in [0.1, 0.15) is 13.2 Å². The van der Waals surface area contributed by atoms with Crippen LogP contribution in [0.25, 0.3) is 0 Å². The summed E-state index contributed by atoms with van der Waals surface area (Å²) in [4.78, 5) is 38.2. The lowest BCUT2D eigenvalue weighted by molar-refractivity contribution is -0.167. The molecule has 0 aliphatic rings. The van der Waals surface area contributed by atoms with Crippen molar-refractivity contribution >= 4 is 17.9 Å². The Hall–Kier alpha value is -3.15. The third-order valence-corrected chi connectivity index (χ3v) is 13.2. The van der Waals surface area contributed by atoms with Gasteiger partial charge in [-0.05, 0) is 96.3 Å². The second kappa shape index (κ2) is 59.4. The number of carbonyl (C=O) groups excluding carboxylic acids is 3. The molecule has 0 N–H and O–H groups in total. The molecule has 0 saturated carbocycles. The zero-order valence-electron chi connectivity index (χ0n) is 47.0. The minimum atomic E-state index is -0.789. The highest BCUT2D eigenvalue weighted by Crippen LogP contribution is 2.16. The van der Waals surface area contributed by atoms with Gasteiger partial charge in [0.15, 0.2) is 6.10 Å². The van der Waals surface area contributed by atoms with E-state index >= 15 is 0 Å². The van der Waals surface area contributed by atoms with E-state index in [2.05, 4.69) is 93.7 Å². The topological polar surface area (TPSA) is 78.9 Å². The number of hydrogen-bond donors (Lipinski definition) is 0. The summed E-state index contributed by atoms with van der Waals surface area (Å²) in [6, 6.07) is 0. The average molecular weight is 992 g/mol. The second-order valence-electron chi connectivity index (χ2n) is 20.3. The first-order valence-electron chi connectivity index (χ1n) is 30.4. The van der Waals surface area contributed by atoms with Gasteiger partial charge >= 0.3 is 17.9 Å². The maximum Gasteiger partial charge on any atom is 0.306 e. The molecule has 0 unspecified atom stereocenters. The molecule has 6 heteroatoms. The summed E-state index contributed by atoms with van der Waals surface area (Å²) < 4.78 is 16.9. The molecule has 0 aromatic rings. The van der Waals surface area contributed by atoms with Gasteiger partial charge in [-0.25, -0.2) is 0 Å². The lowest BCUT2D eigenvalue weighted by Crippen LogP contribution is -2.30. The number of unbranched alkanes of at least 4 members (excludes halogenated alkanes) is 32. The summed E-state index contributed by atoms with van der Waals surface area (Å²) >= 11 is 0. The Morgan fingerprint density at radius 3 is 0.831 bits per heavy atom. The summed E-state index contributed by atoms with van der Waals surface area (Å²) in [5.41, 5.74) is 0. The van der Waals surface area contributed by atoms with Crippen molar-refractivity contribution in [3.63, 3.8) is 0 Å². The highest BCUT2D eigenvalue weighted by Gasteiger charge is 2.19. The Labute approximate surface area is 440 Å². The van der Waals surface area contributed by atoms with Gasteiger partial charge in [-0.3, -0.25) is 14.4 Å². The van der Waals surface area contributed by atoms with Gasteiger partial charge in [-0.1, -0.05) is 261 Å². The van der Waals surface area contributed by atoms with Crippen LogP contribution in [0.3, 0.4) is 0 Å². The van der Waals surface area contributed by atoms with Crippen LogP contribution in [0.5, 0.6) is 0 Å². The first kappa shape index (κ1) is 67.8. The molecule has 0 spiro atoms. The summed E-state index contributed by atoms with van der Waals surface area (Å²) in [5, 5.41) is 0. The summed E-state index contributed by atoms with van der Waals surface area (Å²) in [6.07, 6.45) is 76.0. The van der Waals surface area contributed by atoms with E-state index in [0.29, 0.717) is 19.3 Å². The Morgan fingerprint density at radius 1 is 0.282 bits per heavy atom. The molecule has 0 aromatic carbocycles. The molecule has 410 valence electrons. The second-order valence-corrected chi connectivity index (χ2v) is 20.3. The van der Waals surface area contributed by atoms with Crippen molar-refractivity contribution in [2.24, 2.45) is 0 Å². The lowest BCUT2D eigenvalue weighted by Gasteiger charge is -2.18. The third-order valence-electron chi connectivity index (χ3n) is 13.2. The number of ether oxygens (including phenoxy) is 3. The fourth-order valence-corrected chi connectivity index (χ4v) is 8.57. The predicted molar refractivity (Wildman–Crippen MR) is 307 cm³/mol. The van der Waals surface area contributed by atoms with E-state index < -0.39 is 6.10 Å². The fraction of sp³-hybridized carbons (Fsp3) is 0.769. The van der Waals surface area contributed by atoms with Crippen LogP contribution in [0.2, 0.25) is 0 Å². The van der Waals surface area contributed by atoms with Gasteiger partial charge in [0.2, 0.25) is 0 Å². The van der Waals surface area contributed by atoms with Crippen molar-refractivity contribution < 1.29 is 28.6 Å². The summed E-state index contributed by atoms with van der Waals surface area (Å²) in [6.45, 7) is 6.59. The predicted octanol–water partition coefficient (Wildman–Crippen LogP) is 20.5. The smallest absolute Gasteiger partial charge is 0.306 e. The Kier molecular flexibility index (Phi) is 56.8. The number of allylic oxidation sites excluding steroid dienone is 12. The lowest BCUT2D eigenvalue weighted by atomic mass is 10.0. The van der Waals surface area contributed by atoms with E-state index in [1.165, 1.54) is 173 Å². The Balaban J connectivity index is 4.41. The van der Waals surface area contributed by atoms with Crippen LogP contribution >= 0.6 is 0 Å². The zero-order chi connectivity index (χ0) is 51.4. The normalized spacial score (nSPS) is 12.5. The van der Waals surface area contributed by atoms with Crippen LogP contribution in [0, 0.1) is 0 Å². The van der Waals surface area contributed by atoms with Crippen molar-refractivity contribution in [1.82, 2.24) is 0 Å². The van der Waals surface area contributed by atoms with Crippen LogP contribution in [-0.2, 0) is 28.6 Å². The van der Waals surface area contributed by atoms with E-state index in [1.807, 2.05) is 0 Å². The van der Waals surface area contributed by atoms with E-state index in [4.69, 9.17) is 14.2 Å². The molecule has 0 radical (unpaired) electrons. The minimum Gasteiger partial charge on any atom is -0.462 e. The molecule has 6 nitrogen and oxygen atoms in total. The third kappa shape index (κ3) is 57.6. The standard InChI is InChI=1S/C65H114O6/c1-4-7-10-13-16-19-22-25-28-30-32-34-37-39-42-45-48-51-54-57-63(66)69-60-62(71-65(68)59-56-53-50-47-44-41-36-27-24-21-18-15-12-9-6-3)61-70-64(67)58-55-52-49-46-43-40-38-35-33-31-29-26-23-20-17-14-11-8-5-2/h16-17,19-20,25-26,28-29,32,34,39,42,62H,4-15,18,21-24,27,30-31,33,35-38,40-41,43-61H2,1-3H3/b19-16-,20-17-,28-25-,29-26-,34-32-,42-39-/t62-/m1/s1. The van der Waals surface area contributed by atoms with Gasteiger partial charge in [0, 0.05) is 19.3 Å². The van der Waals surface area contributed by atoms with Crippen molar-refractivity contribution in [1.29, 1.82) is 0 Å². The summed E-state index contributed by atoms with van der Waals surface area (Å²) in [7, 11) is 0. The molecule has 0 aliphatic heterocycles. The van der Waals surface area contributed by atoms with Crippen LogP contribution in [0.1, 0.15) is 303 Å². The van der Waals surface area contributed by atoms with Crippen molar-refractivity contribution in [3.05, 3.63) is 72.9 Å². The molecular formula is C65H114O6. The van der Waals surface area contributed by atoms with Gasteiger partial charge in [0.05, 0.1) is 0 Å². The highest BCUT2D eigenvalue weighted by atomic mass is 16.6. The van der Waals surface area contributed by atoms with Gasteiger partial charge in [-0.15, -0.1) is 0 Å². The quantitative estimate of drug-likeness (QED) is 0.0261. The maximum absolute atomic E-state index is 12.9. The molecule has 0 bridgehead atoms. The monoisotopic (exact) mass is 991 g/mol. The molecule has 0 rings (SSSR count). The van der Waals surface area contributed by atoms with E-state index in [1.54, 1.807) is 0 Å². The molecular weight excluding hydrogens is 877 g/mol. The van der Waals surface area contributed by atoms with Crippen LogP contribution < -0.4 is 0 Å². The van der Waals surface area contributed by atoms with Crippen LogP contribution in [0.15, 0.2) is 72.9 Å². The minimum absolute atomic E-state index is 0.0856. The molecule has 71 heavy (non-hydrogen) atoms. The van der Waals surface area contributed by atoms with Crippen LogP contribution in [-0.4, -0.2) is 37.2 Å². The molecule has 0 saturated heterocycles. The Bertz CT molecular complexity index is 1320. The Morgan fingerprint density at radius 2 is 0.507 bits per heavy atom. The maximum atomic E-state index is 12.9. The molecule has 0 heterocycles. The molecule has 0 aromatic heterocycles. The van der Waals surface area contributed by atoms with E-state index in [-0.39, 0.29) is 31.1 Å². The molecule has 0 amide bonds. The number of rotatable bonds is 55. The average Bonchev–Trinajstić information content (AvgIpc) is 3.37. The van der Waals surface area contributed by atoms with E-state index in [0.717, 1.165) is 89.9 Å². The largest absolute Gasteiger partial charge is 0.462 e. The highest BCUT2D eigenvalue weighted by molar-refractivity contribution is 5.71. The first-order chi connectivity index (χ1) is 35.0. The number of carbonyl (C=O) groups is 3. The van der Waals surface area contributed by atoms with Crippen molar-refractivity contribution in [2.75, 3.05) is 13.2 Å². The first-order valence-corrected chi connectivity index (χ1v) is 30.4. The van der Waals surface area contributed by atoms with Gasteiger partial charge < -0.3 is 14.2 Å². The molecule has 0 aliphatic carbocycles. The number of hydrogen-bond acceptors (Lipinski definition) is 6. The van der Waals surface area contributed by atoms with Crippen molar-refractivity contribution in [3.8, 4) is 0 Å². The van der Waals surface area contributed by atoms with Crippen molar-refractivity contribution in [2.45, 2.75) is 309 Å². The van der Waals surface area contributed by atoms with Crippen LogP contribution in [0.4, 0.5) is 0 Å². The number of esters is 3. The van der Waals surface area contributed by atoms with Gasteiger partial charge in [0.25, 0.3) is 0 Å². The van der Waals surface area contributed by atoms with Gasteiger partial charge in [-0.2, -0.15) is 0 Å². The SMILES string of the molecule is CCCCC/C=C\C/C=C\C/C=C\C/C=C\CCCCCC(=O)OC[C@H](COC(=O)CCCCCCCCCCC/C=C\C/C=C\CCCCC)OC(=O)CCCCCCCCCCCCCCCCC.